The second-order valence-electron chi connectivity index (χ2n) is 6.14. The van der Waals surface area contributed by atoms with Crippen molar-refractivity contribution in [3.63, 3.8) is 0 Å². The number of hydrogen-bond acceptors (Lipinski definition) is 5. The minimum Gasteiger partial charge on any atom is -0.300 e. The number of anilines is 1. The van der Waals surface area contributed by atoms with E-state index < -0.39 is 0 Å². The molecule has 1 N–H and O–H groups in total. The number of nitrogens with one attached hydrogen (secondary N) is 1. The van der Waals surface area contributed by atoms with Crippen LogP contribution in [0.15, 0.2) is 53.5 Å². The molecule has 0 spiro atoms. The number of fused-ring (bicyclic) bond motifs is 1. The van der Waals surface area contributed by atoms with Crippen LogP contribution in [-0.4, -0.2) is 25.2 Å². The first-order chi connectivity index (χ1) is 13.0. The van der Waals surface area contributed by atoms with Crippen molar-refractivity contribution in [1.82, 2.24) is 19.3 Å². The van der Waals surface area contributed by atoms with Crippen molar-refractivity contribution in [2.75, 3.05) is 5.32 Å². The highest BCUT2D eigenvalue weighted by atomic mass is 32.1. The molecule has 1 amide bonds. The van der Waals surface area contributed by atoms with Crippen molar-refractivity contribution >= 4 is 33.3 Å². The van der Waals surface area contributed by atoms with Crippen LogP contribution in [0.3, 0.4) is 0 Å². The van der Waals surface area contributed by atoms with Gasteiger partial charge in [-0.1, -0.05) is 18.2 Å². The van der Waals surface area contributed by atoms with Crippen molar-refractivity contribution in [3.8, 4) is 5.82 Å². The van der Waals surface area contributed by atoms with Crippen molar-refractivity contribution in [1.29, 1.82) is 0 Å². The van der Waals surface area contributed by atoms with Crippen LogP contribution in [0.2, 0.25) is 0 Å². The standard InChI is InChI=1S/C19H17N5O2S/c1-12-13(2)27-19(20-12)21-17(25)11-24-18(26)8-7-16(22-24)23-10-9-14-5-3-4-6-15(14)23/h3-10H,11H2,1-2H3,(H,20,21,25). The third-order valence-corrected chi connectivity index (χ3v) is 5.26. The summed E-state index contributed by atoms with van der Waals surface area (Å²) in [5, 5.41) is 8.68. The first kappa shape index (κ1) is 17.2. The molecule has 7 nitrogen and oxygen atoms in total. The Kier molecular flexibility index (Phi) is 4.33. The number of nitrogens with zero attached hydrogens (tertiary/aromatic N) is 4. The molecule has 0 saturated carbocycles. The van der Waals surface area contributed by atoms with Gasteiger partial charge in [-0.3, -0.25) is 14.2 Å². The van der Waals surface area contributed by atoms with E-state index in [-0.39, 0.29) is 18.0 Å². The predicted molar refractivity (Wildman–Crippen MR) is 106 cm³/mol. The molecule has 0 fully saturated rings. The number of carbonyl (C=O) groups is 1. The van der Waals surface area contributed by atoms with Crippen LogP contribution in [0.1, 0.15) is 10.6 Å². The zero-order valence-corrected chi connectivity index (χ0v) is 15.7. The van der Waals surface area contributed by atoms with Crippen LogP contribution in [0.4, 0.5) is 5.13 Å². The van der Waals surface area contributed by atoms with E-state index in [1.54, 1.807) is 6.07 Å². The van der Waals surface area contributed by atoms with Crippen LogP contribution in [0, 0.1) is 13.8 Å². The lowest BCUT2D eigenvalue weighted by molar-refractivity contribution is -0.117. The molecule has 0 atom stereocenters. The van der Waals surface area contributed by atoms with E-state index >= 15 is 0 Å². The lowest BCUT2D eigenvalue weighted by Crippen LogP contribution is -2.29. The van der Waals surface area contributed by atoms with Gasteiger partial charge in [0.15, 0.2) is 10.9 Å². The van der Waals surface area contributed by atoms with Gasteiger partial charge in [-0.25, -0.2) is 9.67 Å². The molecule has 0 saturated heterocycles. The van der Waals surface area contributed by atoms with E-state index in [0.29, 0.717) is 10.9 Å². The number of carbonyl (C=O) groups excluding carboxylic acids is 1. The van der Waals surface area contributed by atoms with Crippen LogP contribution >= 0.6 is 11.3 Å². The summed E-state index contributed by atoms with van der Waals surface area (Å²) in [5.74, 6) is 0.234. The molecule has 0 radical (unpaired) electrons. The number of benzene rings is 1. The van der Waals surface area contributed by atoms with E-state index in [0.717, 1.165) is 26.2 Å². The van der Waals surface area contributed by atoms with Gasteiger partial charge in [-0.05, 0) is 37.4 Å². The minimum atomic E-state index is -0.340. The van der Waals surface area contributed by atoms with Crippen molar-refractivity contribution in [2.24, 2.45) is 0 Å². The van der Waals surface area contributed by atoms with E-state index in [9.17, 15) is 9.59 Å². The summed E-state index contributed by atoms with van der Waals surface area (Å²) in [5.41, 5.74) is 1.53. The van der Waals surface area contributed by atoms with Crippen LogP contribution in [-0.2, 0) is 11.3 Å². The largest absolute Gasteiger partial charge is 0.300 e. The van der Waals surface area contributed by atoms with Gasteiger partial charge < -0.3 is 5.32 Å². The molecule has 0 aliphatic rings. The zero-order valence-electron chi connectivity index (χ0n) is 14.8. The Morgan fingerprint density at radius 1 is 1.15 bits per heavy atom. The number of aromatic nitrogens is 4. The lowest BCUT2D eigenvalue weighted by atomic mass is 10.2. The summed E-state index contributed by atoms with van der Waals surface area (Å²) in [4.78, 5) is 29.8. The summed E-state index contributed by atoms with van der Waals surface area (Å²) in [6.07, 6.45) is 1.89. The molecule has 136 valence electrons. The third-order valence-electron chi connectivity index (χ3n) is 4.27. The molecule has 1 aromatic carbocycles. The molecule has 0 aliphatic carbocycles. The van der Waals surface area contributed by atoms with Gasteiger partial charge in [0.05, 0.1) is 11.2 Å². The zero-order chi connectivity index (χ0) is 19.0. The summed E-state index contributed by atoms with van der Waals surface area (Å²) >= 11 is 1.41. The maximum Gasteiger partial charge on any atom is 0.267 e. The number of thiazole rings is 1. The molecule has 0 unspecified atom stereocenters. The number of aryl methyl sites for hydroxylation is 2. The van der Waals surface area contributed by atoms with Gasteiger partial charge >= 0.3 is 0 Å². The highest BCUT2D eigenvalue weighted by molar-refractivity contribution is 7.15. The first-order valence-corrected chi connectivity index (χ1v) is 9.21. The highest BCUT2D eigenvalue weighted by Crippen LogP contribution is 2.21. The van der Waals surface area contributed by atoms with Crippen molar-refractivity contribution in [2.45, 2.75) is 20.4 Å². The number of rotatable bonds is 4. The topological polar surface area (TPSA) is 81.8 Å². The van der Waals surface area contributed by atoms with E-state index in [2.05, 4.69) is 15.4 Å². The monoisotopic (exact) mass is 379 g/mol. The molecule has 3 aromatic heterocycles. The maximum absolute atomic E-state index is 12.3. The summed E-state index contributed by atoms with van der Waals surface area (Å²) < 4.78 is 3.05. The molecule has 0 aliphatic heterocycles. The van der Waals surface area contributed by atoms with Gasteiger partial charge in [0, 0.05) is 17.1 Å². The van der Waals surface area contributed by atoms with Crippen LogP contribution in [0.5, 0.6) is 0 Å². The highest BCUT2D eigenvalue weighted by Gasteiger charge is 2.12. The Labute approximate surface area is 158 Å². The molecule has 8 heteroatoms. The summed E-state index contributed by atoms with van der Waals surface area (Å²) in [6, 6.07) is 12.9. The SMILES string of the molecule is Cc1nc(NC(=O)Cn2nc(-n3ccc4ccccc43)ccc2=O)sc1C. The molecule has 0 bridgehead atoms. The van der Waals surface area contributed by atoms with Crippen molar-refractivity contribution in [3.05, 3.63) is 69.6 Å². The summed E-state index contributed by atoms with van der Waals surface area (Å²) in [7, 11) is 0. The van der Waals surface area contributed by atoms with Gasteiger partial charge in [-0.15, -0.1) is 11.3 Å². The van der Waals surface area contributed by atoms with Gasteiger partial charge in [-0.2, -0.15) is 5.10 Å². The Balaban J connectivity index is 1.61. The van der Waals surface area contributed by atoms with Crippen LogP contribution in [0.25, 0.3) is 16.7 Å². The minimum absolute atomic E-state index is 0.177. The van der Waals surface area contributed by atoms with Crippen LogP contribution < -0.4 is 10.9 Å². The van der Waals surface area contributed by atoms with E-state index in [1.807, 2.05) is 54.9 Å². The Morgan fingerprint density at radius 2 is 1.96 bits per heavy atom. The molecular weight excluding hydrogens is 362 g/mol. The number of hydrogen-bond donors (Lipinski definition) is 1. The molecule has 3 heterocycles. The first-order valence-electron chi connectivity index (χ1n) is 8.40. The van der Waals surface area contributed by atoms with Crippen molar-refractivity contribution < 1.29 is 4.79 Å². The van der Waals surface area contributed by atoms with E-state index in [4.69, 9.17) is 0 Å². The Bertz CT molecular complexity index is 1180. The predicted octanol–water partition coefficient (Wildman–Crippen LogP) is 2.90. The number of para-hydroxylation sites is 1. The maximum atomic E-state index is 12.3. The fourth-order valence-corrected chi connectivity index (χ4v) is 3.61. The van der Waals surface area contributed by atoms with Gasteiger partial charge in [0.25, 0.3) is 5.56 Å². The second-order valence-corrected chi connectivity index (χ2v) is 7.34. The fraction of sp³-hybridized carbons (Fsp3) is 0.158. The average Bonchev–Trinajstić information content (AvgIpc) is 3.20. The molecule has 4 aromatic rings. The second kappa shape index (κ2) is 6.81. The molecular formula is C19H17N5O2S. The fourth-order valence-electron chi connectivity index (χ4n) is 2.78. The van der Waals surface area contributed by atoms with E-state index in [1.165, 1.54) is 17.4 Å². The Hall–Kier alpha value is -3.26. The smallest absolute Gasteiger partial charge is 0.267 e. The molecule has 27 heavy (non-hydrogen) atoms. The summed E-state index contributed by atoms with van der Waals surface area (Å²) in [6.45, 7) is 3.65. The number of amides is 1. The Morgan fingerprint density at radius 3 is 2.74 bits per heavy atom. The normalized spacial score (nSPS) is 11.0. The van der Waals surface area contributed by atoms with Gasteiger partial charge in [0.1, 0.15) is 6.54 Å². The molecule has 4 rings (SSSR count). The average molecular weight is 379 g/mol. The third kappa shape index (κ3) is 3.39. The van der Waals surface area contributed by atoms with Gasteiger partial charge in [0.2, 0.25) is 5.91 Å². The lowest BCUT2D eigenvalue weighted by Gasteiger charge is -2.08. The quantitative estimate of drug-likeness (QED) is 0.591.